The number of carbonyl (C=O) groups is 5. The summed E-state index contributed by atoms with van der Waals surface area (Å²) in [5, 5.41) is 10.8. The van der Waals surface area contributed by atoms with Crippen LogP contribution in [0.3, 0.4) is 0 Å². The average molecular weight is 402 g/mol. The number of hydrogen-bond acceptors (Lipinski definition) is 6. The standard InChI is InChI=1S/C20H22N2O7/c23-16-9-8-15(18(26)21-16)22-19(27)13-7-6-12(11-14(13)20(22)28)29-10-4-2-1-3-5-17(24)25/h6-7,11,15H,1-5,8-10H2,(H,24,25)(H,21,23,26). The first-order valence-electron chi connectivity index (χ1n) is 9.58. The summed E-state index contributed by atoms with van der Waals surface area (Å²) in [4.78, 5) is 60.1. The van der Waals surface area contributed by atoms with Crippen LogP contribution in [0.2, 0.25) is 0 Å². The molecular formula is C20H22N2O7. The van der Waals surface area contributed by atoms with Gasteiger partial charge in [0.15, 0.2) is 0 Å². The zero-order valence-electron chi connectivity index (χ0n) is 15.8. The van der Waals surface area contributed by atoms with Crippen LogP contribution in [0.25, 0.3) is 0 Å². The number of nitrogens with zero attached hydrogens (tertiary/aromatic N) is 1. The lowest BCUT2D eigenvalue weighted by Crippen LogP contribution is -2.54. The highest BCUT2D eigenvalue weighted by Crippen LogP contribution is 2.30. The number of aliphatic carboxylic acids is 1. The zero-order chi connectivity index (χ0) is 21.0. The van der Waals surface area contributed by atoms with Gasteiger partial charge in [-0.2, -0.15) is 0 Å². The molecule has 2 aliphatic heterocycles. The molecule has 1 unspecified atom stereocenters. The van der Waals surface area contributed by atoms with E-state index in [2.05, 4.69) is 5.32 Å². The van der Waals surface area contributed by atoms with E-state index in [0.717, 1.165) is 24.2 Å². The van der Waals surface area contributed by atoms with Crippen LogP contribution in [-0.4, -0.2) is 52.3 Å². The fourth-order valence-electron chi connectivity index (χ4n) is 3.46. The fraction of sp³-hybridized carbons (Fsp3) is 0.450. The van der Waals surface area contributed by atoms with Gasteiger partial charge in [-0.3, -0.25) is 34.2 Å². The number of rotatable bonds is 9. The van der Waals surface area contributed by atoms with Crippen molar-refractivity contribution in [3.05, 3.63) is 29.3 Å². The van der Waals surface area contributed by atoms with Crippen LogP contribution in [-0.2, 0) is 14.4 Å². The van der Waals surface area contributed by atoms with E-state index in [9.17, 15) is 24.0 Å². The number of carboxylic acids is 1. The number of fused-ring (bicyclic) bond motifs is 1. The Hall–Kier alpha value is -3.23. The molecule has 9 nitrogen and oxygen atoms in total. The van der Waals surface area contributed by atoms with Crippen molar-refractivity contribution in [1.82, 2.24) is 10.2 Å². The fourth-order valence-corrected chi connectivity index (χ4v) is 3.46. The summed E-state index contributed by atoms with van der Waals surface area (Å²) in [5.41, 5.74) is 0.388. The minimum Gasteiger partial charge on any atom is -0.494 e. The Kier molecular flexibility index (Phi) is 6.26. The zero-order valence-corrected chi connectivity index (χ0v) is 15.8. The molecule has 1 aromatic carbocycles. The molecule has 1 aromatic rings. The molecule has 1 saturated heterocycles. The molecular weight excluding hydrogens is 380 g/mol. The van der Waals surface area contributed by atoms with Crippen LogP contribution in [0.5, 0.6) is 5.75 Å². The van der Waals surface area contributed by atoms with Crippen LogP contribution >= 0.6 is 0 Å². The lowest BCUT2D eigenvalue weighted by Gasteiger charge is -2.27. The van der Waals surface area contributed by atoms with Crippen molar-refractivity contribution in [2.24, 2.45) is 0 Å². The predicted octanol–water partition coefficient (Wildman–Crippen LogP) is 1.50. The van der Waals surface area contributed by atoms with Crippen molar-refractivity contribution in [3.63, 3.8) is 0 Å². The molecule has 1 fully saturated rings. The Morgan fingerprint density at radius 3 is 2.52 bits per heavy atom. The quantitative estimate of drug-likeness (QED) is 0.473. The Morgan fingerprint density at radius 1 is 1.07 bits per heavy atom. The number of unbranched alkanes of at least 4 members (excludes halogenated alkanes) is 3. The SMILES string of the molecule is O=C(O)CCCCCCOc1ccc2c(c1)C(=O)N(C1CCC(=O)NC1=O)C2=O. The van der Waals surface area contributed by atoms with Gasteiger partial charge in [0.2, 0.25) is 11.8 Å². The molecule has 2 N–H and O–H groups in total. The number of amides is 4. The van der Waals surface area contributed by atoms with E-state index >= 15 is 0 Å². The normalized spacial score (nSPS) is 18.6. The van der Waals surface area contributed by atoms with E-state index in [0.29, 0.717) is 18.8 Å². The lowest BCUT2D eigenvalue weighted by atomic mass is 10.0. The van der Waals surface area contributed by atoms with Gasteiger partial charge in [0, 0.05) is 12.8 Å². The van der Waals surface area contributed by atoms with Crippen LogP contribution in [0.4, 0.5) is 0 Å². The summed E-state index contributed by atoms with van der Waals surface area (Å²) in [7, 11) is 0. The summed E-state index contributed by atoms with van der Waals surface area (Å²) >= 11 is 0. The first-order chi connectivity index (χ1) is 13.9. The number of ether oxygens (including phenoxy) is 1. The predicted molar refractivity (Wildman–Crippen MR) is 99.3 cm³/mol. The maximum atomic E-state index is 12.7. The molecule has 0 spiro atoms. The third-order valence-electron chi connectivity index (χ3n) is 4.96. The average Bonchev–Trinajstić information content (AvgIpc) is 2.91. The molecule has 0 bridgehead atoms. The van der Waals surface area contributed by atoms with Crippen LogP contribution in [0, 0.1) is 0 Å². The molecule has 0 radical (unpaired) electrons. The second-order valence-electron chi connectivity index (χ2n) is 7.06. The third-order valence-corrected chi connectivity index (χ3v) is 4.96. The molecule has 0 aliphatic carbocycles. The van der Waals surface area contributed by atoms with Gasteiger partial charge in [-0.25, -0.2) is 0 Å². The van der Waals surface area contributed by atoms with E-state index < -0.39 is 35.6 Å². The highest BCUT2D eigenvalue weighted by atomic mass is 16.5. The van der Waals surface area contributed by atoms with E-state index in [-0.39, 0.29) is 30.4 Å². The second-order valence-corrected chi connectivity index (χ2v) is 7.06. The summed E-state index contributed by atoms with van der Waals surface area (Å²) in [5.74, 6) is -2.54. The Bertz CT molecular complexity index is 864. The number of benzene rings is 1. The smallest absolute Gasteiger partial charge is 0.303 e. The van der Waals surface area contributed by atoms with Gasteiger partial charge < -0.3 is 9.84 Å². The highest BCUT2D eigenvalue weighted by Gasteiger charge is 2.44. The van der Waals surface area contributed by atoms with Gasteiger partial charge in [0.1, 0.15) is 11.8 Å². The topological polar surface area (TPSA) is 130 Å². The molecule has 9 heteroatoms. The van der Waals surface area contributed by atoms with Crippen molar-refractivity contribution >= 4 is 29.6 Å². The molecule has 0 saturated carbocycles. The van der Waals surface area contributed by atoms with Crippen LogP contribution in [0.1, 0.15) is 65.7 Å². The highest BCUT2D eigenvalue weighted by molar-refractivity contribution is 6.23. The van der Waals surface area contributed by atoms with Gasteiger partial charge in [-0.15, -0.1) is 0 Å². The minimum atomic E-state index is -0.990. The lowest BCUT2D eigenvalue weighted by molar-refractivity contribution is -0.138. The summed E-state index contributed by atoms with van der Waals surface area (Å²) in [6.45, 7) is 0.408. The molecule has 2 aliphatic rings. The van der Waals surface area contributed by atoms with Gasteiger partial charge in [-0.1, -0.05) is 12.8 Å². The summed E-state index contributed by atoms with van der Waals surface area (Å²) in [6, 6.07) is 3.60. The van der Waals surface area contributed by atoms with E-state index in [1.165, 1.54) is 12.1 Å². The first kappa shape index (κ1) is 20.5. The number of nitrogens with one attached hydrogen (secondary N) is 1. The van der Waals surface area contributed by atoms with Gasteiger partial charge in [0.25, 0.3) is 11.8 Å². The van der Waals surface area contributed by atoms with Crippen LogP contribution < -0.4 is 10.1 Å². The van der Waals surface area contributed by atoms with E-state index in [4.69, 9.17) is 9.84 Å². The summed E-state index contributed by atoms with van der Waals surface area (Å²) < 4.78 is 5.64. The number of carbonyl (C=O) groups excluding carboxylic acids is 4. The molecule has 4 amide bonds. The first-order valence-corrected chi connectivity index (χ1v) is 9.58. The Morgan fingerprint density at radius 2 is 1.79 bits per heavy atom. The number of hydrogen-bond donors (Lipinski definition) is 2. The maximum Gasteiger partial charge on any atom is 0.303 e. The molecule has 0 aromatic heterocycles. The van der Waals surface area contributed by atoms with Crippen molar-refractivity contribution in [3.8, 4) is 5.75 Å². The molecule has 1 atom stereocenters. The van der Waals surface area contributed by atoms with E-state index in [1.54, 1.807) is 6.07 Å². The minimum absolute atomic E-state index is 0.0740. The molecule has 2 heterocycles. The maximum absolute atomic E-state index is 12.7. The molecule has 3 rings (SSSR count). The van der Waals surface area contributed by atoms with Crippen molar-refractivity contribution in [1.29, 1.82) is 0 Å². The third kappa shape index (κ3) is 4.61. The molecule has 154 valence electrons. The van der Waals surface area contributed by atoms with Crippen molar-refractivity contribution in [2.75, 3.05) is 6.61 Å². The molecule has 29 heavy (non-hydrogen) atoms. The van der Waals surface area contributed by atoms with Crippen molar-refractivity contribution in [2.45, 2.75) is 51.0 Å². The van der Waals surface area contributed by atoms with E-state index in [1.807, 2.05) is 0 Å². The van der Waals surface area contributed by atoms with Crippen LogP contribution in [0.15, 0.2) is 18.2 Å². The second kappa shape index (κ2) is 8.85. The Labute approximate surface area is 167 Å². The number of imide groups is 2. The van der Waals surface area contributed by atoms with Gasteiger partial charge in [0.05, 0.1) is 17.7 Å². The van der Waals surface area contributed by atoms with Crippen molar-refractivity contribution < 1.29 is 33.8 Å². The Balaban J connectivity index is 1.57. The number of carboxylic acid groups (broad SMARTS) is 1. The largest absolute Gasteiger partial charge is 0.494 e. The van der Waals surface area contributed by atoms with Gasteiger partial charge >= 0.3 is 5.97 Å². The van der Waals surface area contributed by atoms with Gasteiger partial charge in [-0.05, 0) is 37.5 Å². The number of piperidine rings is 1. The monoisotopic (exact) mass is 402 g/mol. The summed E-state index contributed by atoms with van der Waals surface area (Å²) in [6.07, 6.45) is 3.34.